The van der Waals surface area contributed by atoms with Crippen molar-refractivity contribution in [1.82, 2.24) is 0 Å². The van der Waals surface area contributed by atoms with Crippen LogP contribution in [0.15, 0.2) is 158 Å². The van der Waals surface area contributed by atoms with Crippen LogP contribution in [-0.4, -0.2) is 0 Å². The van der Waals surface area contributed by atoms with E-state index in [2.05, 4.69) is 172 Å². The summed E-state index contributed by atoms with van der Waals surface area (Å²) in [5, 5.41) is 7.67. The zero-order valence-corrected chi connectivity index (χ0v) is 25.5. The predicted octanol–water partition coefficient (Wildman–Crippen LogP) is 12.5. The van der Waals surface area contributed by atoms with Crippen LogP contribution in [0.2, 0.25) is 0 Å². The Balaban J connectivity index is 1.28. The van der Waals surface area contributed by atoms with Crippen molar-refractivity contribution >= 4 is 32.3 Å². The summed E-state index contributed by atoms with van der Waals surface area (Å²) < 4.78 is 0. The minimum atomic E-state index is 0.00988. The van der Waals surface area contributed by atoms with Crippen LogP contribution in [0.4, 0.5) is 0 Å². The Morgan fingerprint density at radius 1 is 0.333 bits per heavy atom. The van der Waals surface area contributed by atoms with E-state index in [-0.39, 0.29) is 5.41 Å². The molecule has 9 rings (SSSR count). The van der Waals surface area contributed by atoms with Crippen molar-refractivity contribution in [3.8, 4) is 44.5 Å². The molecule has 0 saturated carbocycles. The zero-order chi connectivity index (χ0) is 30.1. The van der Waals surface area contributed by atoms with E-state index in [1.165, 1.54) is 88.0 Å². The van der Waals surface area contributed by atoms with Crippen LogP contribution < -0.4 is 0 Å². The van der Waals surface area contributed by atoms with E-state index < -0.39 is 0 Å². The minimum Gasteiger partial charge on any atom is -0.0619 e. The molecule has 0 nitrogen and oxygen atoms in total. The first-order chi connectivity index (χ1) is 22.1. The van der Waals surface area contributed by atoms with Crippen LogP contribution in [0.1, 0.15) is 25.0 Å². The maximum absolute atomic E-state index is 2.40. The first-order valence-corrected chi connectivity index (χ1v) is 15.9. The highest BCUT2D eigenvalue weighted by Crippen LogP contribution is 2.50. The van der Waals surface area contributed by atoms with E-state index in [9.17, 15) is 0 Å². The third kappa shape index (κ3) is 3.85. The summed E-state index contributed by atoms with van der Waals surface area (Å²) in [6.07, 6.45) is 0. The molecule has 8 aromatic rings. The quantitative estimate of drug-likeness (QED) is 0.185. The fourth-order valence-corrected chi connectivity index (χ4v) is 7.93. The second-order valence-corrected chi connectivity index (χ2v) is 12.9. The molecule has 8 aromatic carbocycles. The SMILES string of the molecule is CC1(C)c2ccccc2-c2cc(-c3cccc(-c4c5ccccc5c(-c5cccc6ccccc56)c5ccccc45)c3)ccc21. The van der Waals surface area contributed by atoms with Gasteiger partial charge in [-0.15, -0.1) is 0 Å². The Morgan fingerprint density at radius 3 is 1.60 bits per heavy atom. The van der Waals surface area contributed by atoms with Gasteiger partial charge in [0, 0.05) is 5.41 Å². The van der Waals surface area contributed by atoms with Gasteiger partial charge in [0.2, 0.25) is 0 Å². The number of benzene rings is 8. The summed E-state index contributed by atoms with van der Waals surface area (Å²) in [6.45, 7) is 4.69. The maximum atomic E-state index is 2.40. The standard InChI is InChI=1S/C45H32/c1-45(2)41-24-10-9-18-34(41)40-28-31(25-26-42(40)45)30-15-11-16-32(27-30)43-36-19-5-7-21-38(36)44(39-22-8-6-20-37(39)43)35-23-12-14-29-13-3-4-17-33(29)35/h3-28H,1-2H3. The summed E-state index contributed by atoms with van der Waals surface area (Å²) in [6, 6.07) is 58.4. The average Bonchev–Trinajstić information content (AvgIpc) is 3.32. The molecule has 0 N–H and O–H groups in total. The number of fused-ring (bicyclic) bond motifs is 6. The predicted molar refractivity (Wildman–Crippen MR) is 193 cm³/mol. The van der Waals surface area contributed by atoms with E-state index in [4.69, 9.17) is 0 Å². The number of hydrogen-bond acceptors (Lipinski definition) is 0. The van der Waals surface area contributed by atoms with Gasteiger partial charge in [-0.2, -0.15) is 0 Å². The average molecular weight is 573 g/mol. The largest absolute Gasteiger partial charge is 0.0619 e. The van der Waals surface area contributed by atoms with Crippen LogP contribution >= 0.6 is 0 Å². The van der Waals surface area contributed by atoms with Crippen molar-refractivity contribution < 1.29 is 0 Å². The van der Waals surface area contributed by atoms with E-state index in [1.807, 2.05) is 0 Å². The molecule has 0 aliphatic heterocycles. The van der Waals surface area contributed by atoms with Gasteiger partial charge >= 0.3 is 0 Å². The molecule has 212 valence electrons. The molecule has 0 aromatic heterocycles. The smallest absolute Gasteiger partial charge is 0.0158 e. The van der Waals surface area contributed by atoms with E-state index >= 15 is 0 Å². The van der Waals surface area contributed by atoms with Crippen LogP contribution in [-0.2, 0) is 5.41 Å². The minimum absolute atomic E-state index is 0.00988. The van der Waals surface area contributed by atoms with E-state index in [0.29, 0.717) is 0 Å². The summed E-state index contributed by atoms with van der Waals surface area (Å²) in [4.78, 5) is 0. The van der Waals surface area contributed by atoms with Crippen molar-refractivity contribution in [2.75, 3.05) is 0 Å². The fraction of sp³-hybridized carbons (Fsp3) is 0.0667. The summed E-state index contributed by atoms with van der Waals surface area (Å²) in [5.74, 6) is 0. The Hall–Kier alpha value is -5.46. The van der Waals surface area contributed by atoms with E-state index in [0.717, 1.165) is 0 Å². The zero-order valence-electron chi connectivity index (χ0n) is 25.5. The molecule has 0 saturated heterocycles. The highest BCUT2D eigenvalue weighted by Gasteiger charge is 2.35. The van der Waals surface area contributed by atoms with Gasteiger partial charge < -0.3 is 0 Å². The second-order valence-electron chi connectivity index (χ2n) is 12.9. The molecule has 0 heteroatoms. The molecule has 45 heavy (non-hydrogen) atoms. The van der Waals surface area contributed by atoms with E-state index in [1.54, 1.807) is 0 Å². The first-order valence-electron chi connectivity index (χ1n) is 15.9. The molecule has 0 amide bonds. The molecule has 0 unspecified atom stereocenters. The van der Waals surface area contributed by atoms with Gasteiger partial charge in [0.1, 0.15) is 0 Å². The number of hydrogen-bond donors (Lipinski definition) is 0. The monoisotopic (exact) mass is 572 g/mol. The maximum Gasteiger partial charge on any atom is 0.0158 e. The lowest BCUT2D eigenvalue weighted by atomic mass is 9.82. The third-order valence-corrected chi connectivity index (χ3v) is 10.1. The second kappa shape index (κ2) is 9.78. The molecule has 0 atom stereocenters. The molecule has 0 radical (unpaired) electrons. The molecular weight excluding hydrogens is 540 g/mol. The highest BCUT2D eigenvalue weighted by atomic mass is 14.4. The molecule has 1 aliphatic rings. The molecule has 0 spiro atoms. The molecule has 1 aliphatic carbocycles. The lowest BCUT2D eigenvalue weighted by Crippen LogP contribution is -2.14. The van der Waals surface area contributed by atoms with Gasteiger partial charge in [0.05, 0.1) is 0 Å². The van der Waals surface area contributed by atoms with Crippen LogP contribution in [0, 0.1) is 0 Å². The topological polar surface area (TPSA) is 0 Å². The van der Waals surface area contributed by atoms with Crippen LogP contribution in [0.5, 0.6) is 0 Å². The molecular formula is C45H32. The van der Waals surface area contributed by atoms with Crippen LogP contribution in [0.25, 0.3) is 76.8 Å². The van der Waals surface area contributed by atoms with Crippen molar-refractivity contribution in [3.63, 3.8) is 0 Å². The highest BCUT2D eigenvalue weighted by molar-refractivity contribution is 6.23. The van der Waals surface area contributed by atoms with Crippen molar-refractivity contribution in [2.45, 2.75) is 19.3 Å². The van der Waals surface area contributed by atoms with Gasteiger partial charge in [-0.25, -0.2) is 0 Å². The lowest BCUT2D eigenvalue weighted by Gasteiger charge is -2.21. The Kier molecular flexibility index (Phi) is 5.64. The van der Waals surface area contributed by atoms with Crippen molar-refractivity contribution in [3.05, 3.63) is 169 Å². The first kappa shape index (κ1) is 26.0. The van der Waals surface area contributed by atoms with Gasteiger partial charge in [-0.3, -0.25) is 0 Å². The lowest BCUT2D eigenvalue weighted by molar-refractivity contribution is 0.660. The van der Waals surface area contributed by atoms with Gasteiger partial charge in [0.25, 0.3) is 0 Å². The molecule has 0 heterocycles. The van der Waals surface area contributed by atoms with Crippen molar-refractivity contribution in [2.24, 2.45) is 0 Å². The van der Waals surface area contributed by atoms with Gasteiger partial charge in [-0.05, 0) is 100 Å². The fourth-order valence-electron chi connectivity index (χ4n) is 7.93. The Morgan fingerprint density at radius 2 is 0.844 bits per heavy atom. The number of rotatable bonds is 3. The summed E-state index contributed by atoms with van der Waals surface area (Å²) in [7, 11) is 0. The van der Waals surface area contributed by atoms with Gasteiger partial charge in [-0.1, -0.05) is 159 Å². The van der Waals surface area contributed by atoms with Crippen molar-refractivity contribution in [1.29, 1.82) is 0 Å². The normalized spacial score (nSPS) is 13.3. The summed E-state index contributed by atoms with van der Waals surface area (Å²) >= 11 is 0. The third-order valence-electron chi connectivity index (χ3n) is 10.1. The van der Waals surface area contributed by atoms with Gasteiger partial charge in [0.15, 0.2) is 0 Å². The Bertz CT molecular complexity index is 2390. The molecule has 0 bridgehead atoms. The molecule has 0 fully saturated rings. The summed E-state index contributed by atoms with van der Waals surface area (Å²) in [5.41, 5.74) is 13.2. The van der Waals surface area contributed by atoms with Crippen LogP contribution in [0.3, 0.4) is 0 Å². The Labute approximate surface area is 264 Å².